The van der Waals surface area contributed by atoms with E-state index in [0.29, 0.717) is 36.3 Å². The van der Waals surface area contributed by atoms with Crippen molar-refractivity contribution in [2.45, 2.75) is 31.8 Å². The van der Waals surface area contributed by atoms with Gasteiger partial charge in [0, 0.05) is 55.6 Å². The summed E-state index contributed by atoms with van der Waals surface area (Å²) in [6, 6.07) is 11.3. The zero-order valence-electron chi connectivity index (χ0n) is 16.2. The number of likely N-dealkylation sites (tertiary alicyclic amines) is 1. The van der Waals surface area contributed by atoms with Crippen LogP contribution in [0.25, 0.3) is 0 Å². The Morgan fingerprint density at radius 3 is 2.76 bits per heavy atom. The number of rotatable bonds is 2. The molecule has 3 N–H and O–H groups in total. The summed E-state index contributed by atoms with van der Waals surface area (Å²) in [5, 5.41) is 9.20. The van der Waals surface area contributed by atoms with Crippen molar-refractivity contribution >= 4 is 29.1 Å². The number of benzene rings is 2. The number of nitrogens with one attached hydrogen (secondary N) is 3. The molecule has 3 aliphatic rings. The fourth-order valence-electron chi connectivity index (χ4n) is 4.76. The highest BCUT2D eigenvalue weighted by atomic mass is 16.2. The maximum atomic E-state index is 13.2. The highest BCUT2D eigenvalue weighted by molar-refractivity contribution is 6.14. The summed E-state index contributed by atoms with van der Waals surface area (Å²) in [7, 11) is 0. The predicted octanol–water partition coefficient (Wildman–Crippen LogP) is 1.98. The van der Waals surface area contributed by atoms with E-state index in [1.54, 1.807) is 17.0 Å². The number of anilines is 2. The summed E-state index contributed by atoms with van der Waals surface area (Å²) in [6.45, 7) is 3.96. The van der Waals surface area contributed by atoms with E-state index in [-0.39, 0.29) is 17.7 Å². The Balaban J connectivity index is 1.50. The molecular formula is C22H22N4O3. The summed E-state index contributed by atoms with van der Waals surface area (Å²) < 4.78 is 0. The molecule has 29 heavy (non-hydrogen) atoms. The number of carbonyl (C=O) groups excluding carboxylic acids is 3. The summed E-state index contributed by atoms with van der Waals surface area (Å²) in [6.07, 6.45) is 0.514. The van der Waals surface area contributed by atoms with Crippen LogP contribution in [-0.4, -0.2) is 35.7 Å². The molecule has 7 heteroatoms. The van der Waals surface area contributed by atoms with E-state index in [2.05, 4.69) is 16.0 Å². The standard InChI is InChI=1S/C22H22N4O3/c1-13(27)26-8-7-22(12-26)19-17(3-2-4-18(19)25-21(22)29)20(28)24-16-6-5-14-10-23-11-15(14)9-16/h2-6,9,23H,7-8,10-12H2,1H3,(H,24,28)(H,25,29)/t22-/m1/s1. The van der Waals surface area contributed by atoms with Crippen molar-refractivity contribution in [3.63, 3.8) is 0 Å². The molecule has 2 aromatic rings. The largest absolute Gasteiger partial charge is 0.341 e. The van der Waals surface area contributed by atoms with Crippen molar-refractivity contribution in [3.8, 4) is 0 Å². The first kappa shape index (κ1) is 17.9. The summed E-state index contributed by atoms with van der Waals surface area (Å²) >= 11 is 0. The van der Waals surface area contributed by atoms with Gasteiger partial charge in [-0.25, -0.2) is 0 Å². The number of hydrogen-bond acceptors (Lipinski definition) is 4. The van der Waals surface area contributed by atoms with Gasteiger partial charge in [0.15, 0.2) is 0 Å². The maximum Gasteiger partial charge on any atom is 0.256 e. The molecular weight excluding hydrogens is 368 g/mol. The summed E-state index contributed by atoms with van der Waals surface area (Å²) in [5.74, 6) is -0.443. The number of amides is 3. The van der Waals surface area contributed by atoms with Crippen LogP contribution in [-0.2, 0) is 28.1 Å². The Bertz CT molecular complexity index is 1060. The Labute approximate surface area is 168 Å². The quantitative estimate of drug-likeness (QED) is 0.731. The monoisotopic (exact) mass is 390 g/mol. The second kappa shape index (κ2) is 6.42. The molecule has 2 aromatic carbocycles. The first-order valence-electron chi connectivity index (χ1n) is 9.82. The minimum Gasteiger partial charge on any atom is -0.341 e. The summed E-state index contributed by atoms with van der Waals surface area (Å²) in [4.78, 5) is 39.6. The lowest BCUT2D eigenvalue weighted by molar-refractivity contribution is -0.128. The van der Waals surface area contributed by atoms with E-state index >= 15 is 0 Å². The van der Waals surface area contributed by atoms with Crippen LogP contribution in [0.5, 0.6) is 0 Å². The van der Waals surface area contributed by atoms with Crippen molar-refractivity contribution < 1.29 is 14.4 Å². The molecule has 3 aliphatic heterocycles. The molecule has 7 nitrogen and oxygen atoms in total. The van der Waals surface area contributed by atoms with E-state index in [9.17, 15) is 14.4 Å². The van der Waals surface area contributed by atoms with Gasteiger partial charge in [0.2, 0.25) is 11.8 Å². The van der Waals surface area contributed by atoms with E-state index in [1.165, 1.54) is 18.1 Å². The molecule has 148 valence electrons. The second-order valence-electron chi connectivity index (χ2n) is 8.00. The summed E-state index contributed by atoms with van der Waals surface area (Å²) in [5.41, 5.74) is 4.13. The average molecular weight is 390 g/mol. The molecule has 3 heterocycles. The average Bonchev–Trinajstić information content (AvgIpc) is 3.41. The van der Waals surface area contributed by atoms with E-state index in [4.69, 9.17) is 0 Å². The highest BCUT2D eigenvalue weighted by Gasteiger charge is 2.53. The number of fused-ring (bicyclic) bond motifs is 3. The van der Waals surface area contributed by atoms with E-state index in [1.807, 2.05) is 24.3 Å². The Morgan fingerprint density at radius 1 is 1.14 bits per heavy atom. The van der Waals surface area contributed by atoms with Gasteiger partial charge in [0.25, 0.3) is 5.91 Å². The zero-order chi connectivity index (χ0) is 20.2. The molecule has 5 rings (SSSR count). The first-order valence-corrected chi connectivity index (χ1v) is 9.82. The Kier molecular flexibility index (Phi) is 3.96. The van der Waals surface area contributed by atoms with Crippen LogP contribution in [0.3, 0.4) is 0 Å². The van der Waals surface area contributed by atoms with Gasteiger partial charge in [-0.05, 0) is 41.8 Å². The van der Waals surface area contributed by atoms with Crippen LogP contribution in [0.4, 0.5) is 11.4 Å². The molecule has 0 radical (unpaired) electrons. The maximum absolute atomic E-state index is 13.2. The van der Waals surface area contributed by atoms with Gasteiger partial charge >= 0.3 is 0 Å². The van der Waals surface area contributed by atoms with Gasteiger partial charge in [0.1, 0.15) is 0 Å². The molecule has 3 amide bonds. The molecule has 1 saturated heterocycles. The minimum atomic E-state index is -0.864. The van der Waals surface area contributed by atoms with Crippen molar-refractivity contribution in [2.24, 2.45) is 0 Å². The Hall–Kier alpha value is -3.19. The lowest BCUT2D eigenvalue weighted by Gasteiger charge is -2.24. The molecule has 1 fully saturated rings. The van der Waals surface area contributed by atoms with Crippen molar-refractivity contribution in [1.82, 2.24) is 10.2 Å². The lowest BCUT2D eigenvalue weighted by atomic mass is 9.78. The molecule has 1 spiro atoms. The van der Waals surface area contributed by atoms with Crippen LogP contribution < -0.4 is 16.0 Å². The van der Waals surface area contributed by atoms with Crippen molar-refractivity contribution in [1.29, 1.82) is 0 Å². The van der Waals surface area contributed by atoms with Gasteiger partial charge in [0.05, 0.1) is 5.41 Å². The molecule has 0 bridgehead atoms. The third-order valence-electron chi connectivity index (χ3n) is 6.28. The predicted molar refractivity (Wildman–Crippen MR) is 109 cm³/mol. The van der Waals surface area contributed by atoms with Gasteiger partial charge in [-0.3, -0.25) is 14.4 Å². The molecule has 1 atom stereocenters. The van der Waals surface area contributed by atoms with E-state index < -0.39 is 5.41 Å². The number of nitrogens with zero attached hydrogens (tertiary/aromatic N) is 1. The van der Waals surface area contributed by atoms with Gasteiger partial charge in [-0.1, -0.05) is 12.1 Å². The number of hydrogen-bond donors (Lipinski definition) is 3. The molecule has 0 aliphatic carbocycles. The minimum absolute atomic E-state index is 0.0585. The normalized spacial score (nSPS) is 21.8. The molecule has 0 unspecified atom stereocenters. The highest BCUT2D eigenvalue weighted by Crippen LogP contribution is 2.46. The third kappa shape index (κ3) is 2.73. The second-order valence-corrected chi connectivity index (χ2v) is 8.00. The van der Waals surface area contributed by atoms with Crippen LogP contribution >= 0.6 is 0 Å². The van der Waals surface area contributed by atoms with Crippen LogP contribution in [0.1, 0.15) is 40.4 Å². The number of carbonyl (C=O) groups is 3. The first-order chi connectivity index (χ1) is 14.0. The SMILES string of the molecule is CC(=O)N1CC[C@]2(C1)C(=O)Nc1cccc(C(=O)Nc3ccc4c(c3)CNC4)c12. The fourth-order valence-corrected chi connectivity index (χ4v) is 4.76. The van der Waals surface area contributed by atoms with Gasteiger partial charge in [-0.2, -0.15) is 0 Å². The molecule has 0 aromatic heterocycles. The van der Waals surface area contributed by atoms with Crippen molar-refractivity contribution in [2.75, 3.05) is 23.7 Å². The van der Waals surface area contributed by atoms with E-state index in [0.717, 1.165) is 18.8 Å². The lowest BCUT2D eigenvalue weighted by Crippen LogP contribution is -2.39. The molecule has 0 saturated carbocycles. The Morgan fingerprint density at radius 2 is 1.97 bits per heavy atom. The topological polar surface area (TPSA) is 90.5 Å². The third-order valence-corrected chi connectivity index (χ3v) is 6.28. The van der Waals surface area contributed by atoms with Gasteiger partial charge < -0.3 is 20.9 Å². The van der Waals surface area contributed by atoms with Gasteiger partial charge in [-0.15, -0.1) is 0 Å². The smallest absolute Gasteiger partial charge is 0.256 e. The van der Waals surface area contributed by atoms with Crippen LogP contribution in [0.2, 0.25) is 0 Å². The van der Waals surface area contributed by atoms with Crippen LogP contribution in [0, 0.1) is 0 Å². The fraction of sp³-hybridized carbons (Fsp3) is 0.318. The van der Waals surface area contributed by atoms with Crippen LogP contribution in [0.15, 0.2) is 36.4 Å². The zero-order valence-corrected chi connectivity index (χ0v) is 16.2. The van der Waals surface area contributed by atoms with Crippen molar-refractivity contribution in [3.05, 3.63) is 58.7 Å².